The normalized spacial score (nSPS) is 33.2. The Bertz CT molecular complexity index is 360. The second kappa shape index (κ2) is 6.25. The molecule has 0 atom stereocenters. The van der Waals surface area contributed by atoms with Gasteiger partial charge in [0.05, 0.1) is 13.2 Å². The fourth-order valence-electron chi connectivity index (χ4n) is 4.19. The number of amides is 1. The molecule has 0 N–H and O–H groups in total. The molecule has 1 aliphatic heterocycles. The van der Waals surface area contributed by atoms with Gasteiger partial charge in [-0.05, 0) is 44.4 Å². The van der Waals surface area contributed by atoms with E-state index in [-0.39, 0.29) is 11.7 Å². The molecule has 0 aromatic rings. The van der Waals surface area contributed by atoms with Gasteiger partial charge in [-0.15, -0.1) is 0 Å². The van der Waals surface area contributed by atoms with Crippen LogP contribution in [-0.4, -0.2) is 42.9 Å². The first-order chi connectivity index (χ1) is 10.1. The molecule has 3 aliphatic rings. The highest BCUT2D eigenvalue weighted by atomic mass is 16.7. The average Bonchev–Trinajstić information content (AvgIpc) is 2.96. The van der Waals surface area contributed by atoms with Gasteiger partial charge < -0.3 is 14.4 Å². The number of nitrogens with zero attached hydrogens (tertiary/aromatic N) is 1. The van der Waals surface area contributed by atoms with Gasteiger partial charge in [0.25, 0.3) is 0 Å². The molecule has 0 aromatic heterocycles. The van der Waals surface area contributed by atoms with Crippen LogP contribution in [-0.2, 0) is 14.3 Å². The minimum absolute atomic E-state index is 0.265. The van der Waals surface area contributed by atoms with Crippen molar-refractivity contribution < 1.29 is 14.3 Å². The minimum Gasteiger partial charge on any atom is -0.348 e. The minimum atomic E-state index is -0.319. The lowest BCUT2D eigenvalue weighted by Crippen LogP contribution is -2.47. The molecule has 120 valence electrons. The van der Waals surface area contributed by atoms with Crippen molar-refractivity contribution in [1.82, 2.24) is 4.90 Å². The Balaban J connectivity index is 1.51. The van der Waals surface area contributed by atoms with E-state index in [1.165, 1.54) is 12.8 Å². The van der Waals surface area contributed by atoms with Crippen LogP contribution in [0.1, 0.15) is 58.3 Å². The molecule has 0 unspecified atom stereocenters. The van der Waals surface area contributed by atoms with Crippen molar-refractivity contribution in [1.29, 1.82) is 0 Å². The highest BCUT2D eigenvalue weighted by molar-refractivity contribution is 5.79. The van der Waals surface area contributed by atoms with E-state index < -0.39 is 0 Å². The quantitative estimate of drug-likeness (QED) is 0.786. The molecular weight excluding hydrogens is 266 g/mol. The first-order valence-electron chi connectivity index (χ1n) is 8.64. The Hall–Kier alpha value is -0.610. The van der Waals surface area contributed by atoms with Crippen molar-refractivity contribution in [2.45, 2.75) is 70.1 Å². The van der Waals surface area contributed by atoms with Crippen molar-refractivity contribution in [2.24, 2.45) is 11.8 Å². The second-order valence-electron chi connectivity index (χ2n) is 7.24. The lowest BCUT2D eigenvalue weighted by molar-refractivity contribution is -0.185. The predicted molar refractivity (Wildman–Crippen MR) is 80.8 cm³/mol. The molecule has 1 heterocycles. The van der Waals surface area contributed by atoms with Crippen molar-refractivity contribution in [3.63, 3.8) is 0 Å². The number of hydrogen-bond donors (Lipinski definition) is 0. The summed E-state index contributed by atoms with van der Waals surface area (Å²) < 4.78 is 11.5. The third-order valence-electron chi connectivity index (χ3n) is 5.79. The van der Waals surface area contributed by atoms with E-state index in [0.29, 0.717) is 11.9 Å². The van der Waals surface area contributed by atoms with E-state index in [1.807, 2.05) is 11.9 Å². The van der Waals surface area contributed by atoms with E-state index in [0.717, 1.165) is 57.7 Å². The van der Waals surface area contributed by atoms with Crippen LogP contribution in [0.15, 0.2) is 0 Å². The van der Waals surface area contributed by atoms with Gasteiger partial charge in [-0.1, -0.05) is 6.92 Å². The molecule has 2 aliphatic carbocycles. The third-order valence-corrected chi connectivity index (χ3v) is 5.79. The molecule has 1 spiro atoms. The summed E-state index contributed by atoms with van der Waals surface area (Å²) in [5, 5.41) is 0. The van der Waals surface area contributed by atoms with E-state index in [9.17, 15) is 4.79 Å². The van der Waals surface area contributed by atoms with Gasteiger partial charge in [-0.3, -0.25) is 4.79 Å². The van der Waals surface area contributed by atoms with Crippen molar-refractivity contribution >= 4 is 5.91 Å². The molecule has 0 radical (unpaired) electrons. The van der Waals surface area contributed by atoms with Crippen LogP contribution in [0, 0.1) is 11.8 Å². The molecular formula is C17H29NO3. The molecule has 0 bridgehead atoms. The molecule has 4 heteroatoms. The van der Waals surface area contributed by atoms with Gasteiger partial charge in [0, 0.05) is 31.8 Å². The summed E-state index contributed by atoms with van der Waals surface area (Å²) in [6.07, 6.45) is 8.44. The largest absolute Gasteiger partial charge is 0.348 e. The van der Waals surface area contributed by atoms with Crippen LogP contribution >= 0.6 is 0 Å². The summed E-state index contributed by atoms with van der Waals surface area (Å²) in [6.45, 7) is 3.74. The maximum atomic E-state index is 12.7. The van der Waals surface area contributed by atoms with Crippen molar-refractivity contribution in [2.75, 3.05) is 20.3 Å². The Morgan fingerprint density at radius 2 is 1.57 bits per heavy atom. The molecule has 3 fully saturated rings. The third kappa shape index (κ3) is 3.26. The molecule has 4 nitrogen and oxygen atoms in total. The Morgan fingerprint density at radius 1 is 1.00 bits per heavy atom. The Morgan fingerprint density at radius 3 is 2.14 bits per heavy atom. The standard InChI is InChI=1S/C17H29NO3/c1-13-3-5-14(6-4-13)16(19)18(2)15-7-9-17(10-8-15)20-11-12-21-17/h13-15H,3-12H2,1-2H3. The summed E-state index contributed by atoms with van der Waals surface area (Å²) in [5.41, 5.74) is 0. The van der Waals surface area contributed by atoms with E-state index in [4.69, 9.17) is 9.47 Å². The van der Waals surface area contributed by atoms with E-state index in [1.54, 1.807) is 0 Å². The number of rotatable bonds is 2. The lowest BCUT2D eigenvalue weighted by Gasteiger charge is -2.40. The van der Waals surface area contributed by atoms with Gasteiger partial charge in [-0.2, -0.15) is 0 Å². The van der Waals surface area contributed by atoms with Gasteiger partial charge in [-0.25, -0.2) is 0 Å². The second-order valence-corrected chi connectivity index (χ2v) is 7.24. The molecule has 21 heavy (non-hydrogen) atoms. The molecule has 1 saturated heterocycles. The lowest BCUT2D eigenvalue weighted by atomic mass is 9.81. The maximum absolute atomic E-state index is 12.7. The summed E-state index contributed by atoms with van der Waals surface area (Å²) in [5.74, 6) is 1.11. The maximum Gasteiger partial charge on any atom is 0.225 e. The zero-order valence-corrected chi connectivity index (χ0v) is 13.5. The smallest absolute Gasteiger partial charge is 0.225 e. The number of ether oxygens (including phenoxy) is 2. The van der Waals surface area contributed by atoms with E-state index >= 15 is 0 Å². The number of carbonyl (C=O) groups excluding carboxylic acids is 1. The Kier molecular flexibility index (Phi) is 4.55. The van der Waals surface area contributed by atoms with Gasteiger partial charge in [0.15, 0.2) is 5.79 Å². The predicted octanol–water partition coefficient (Wildman–Crippen LogP) is 2.96. The molecule has 3 rings (SSSR count). The van der Waals surface area contributed by atoms with Crippen LogP contribution in [0.25, 0.3) is 0 Å². The highest BCUT2D eigenvalue weighted by Gasteiger charge is 2.42. The van der Waals surface area contributed by atoms with Gasteiger partial charge >= 0.3 is 0 Å². The Labute approximate surface area is 128 Å². The summed E-state index contributed by atoms with van der Waals surface area (Å²) in [7, 11) is 2.00. The van der Waals surface area contributed by atoms with Crippen LogP contribution in [0.2, 0.25) is 0 Å². The first kappa shape index (κ1) is 15.3. The SMILES string of the molecule is CC1CCC(C(=O)N(C)C2CCC3(CC2)OCCO3)CC1. The summed E-state index contributed by atoms with van der Waals surface area (Å²) in [6, 6.07) is 0.371. The summed E-state index contributed by atoms with van der Waals surface area (Å²) >= 11 is 0. The molecule has 0 aromatic carbocycles. The van der Waals surface area contributed by atoms with Crippen molar-refractivity contribution in [3.8, 4) is 0 Å². The number of hydrogen-bond acceptors (Lipinski definition) is 3. The van der Waals surface area contributed by atoms with Gasteiger partial charge in [0.1, 0.15) is 0 Å². The van der Waals surface area contributed by atoms with Crippen LogP contribution in [0.4, 0.5) is 0 Å². The number of carbonyl (C=O) groups is 1. The molecule has 1 amide bonds. The average molecular weight is 295 g/mol. The zero-order valence-electron chi connectivity index (χ0n) is 13.5. The van der Waals surface area contributed by atoms with Crippen LogP contribution in [0.5, 0.6) is 0 Å². The van der Waals surface area contributed by atoms with Gasteiger partial charge in [0.2, 0.25) is 5.91 Å². The molecule has 2 saturated carbocycles. The van der Waals surface area contributed by atoms with E-state index in [2.05, 4.69) is 6.92 Å². The van der Waals surface area contributed by atoms with Crippen molar-refractivity contribution in [3.05, 3.63) is 0 Å². The summed E-state index contributed by atoms with van der Waals surface area (Å²) in [4.78, 5) is 14.7. The van der Waals surface area contributed by atoms with Crippen LogP contribution < -0.4 is 0 Å². The first-order valence-corrected chi connectivity index (χ1v) is 8.64. The monoisotopic (exact) mass is 295 g/mol. The zero-order chi connectivity index (χ0) is 14.9. The fraction of sp³-hybridized carbons (Fsp3) is 0.941. The topological polar surface area (TPSA) is 38.8 Å². The highest BCUT2D eigenvalue weighted by Crippen LogP contribution is 2.38. The fourth-order valence-corrected chi connectivity index (χ4v) is 4.19. The van der Waals surface area contributed by atoms with Crippen LogP contribution in [0.3, 0.4) is 0 Å².